The van der Waals surface area contributed by atoms with Crippen molar-refractivity contribution in [3.8, 4) is 6.07 Å². The van der Waals surface area contributed by atoms with E-state index in [2.05, 4.69) is 25.1 Å². The molecule has 0 aromatic carbocycles. The van der Waals surface area contributed by atoms with E-state index in [1.54, 1.807) is 24.3 Å². The van der Waals surface area contributed by atoms with Gasteiger partial charge in [0.15, 0.2) is 5.65 Å². The van der Waals surface area contributed by atoms with Gasteiger partial charge in [-0.2, -0.15) is 10.4 Å². The van der Waals surface area contributed by atoms with E-state index in [0.29, 0.717) is 12.2 Å². The Hall–Kier alpha value is -3.21. The van der Waals surface area contributed by atoms with Crippen LogP contribution in [0.25, 0.3) is 21.9 Å². The largest absolute Gasteiger partial charge is 0.368 e. The van der Waals surface area contributed by atoms with Crippen molar-refractivity contribution in [1.29, 1.82) is 5.26 Å². The minimum atomic E-state index is -0.134. The number of nitrogens with zero attached hydrogens (tertiary/aromatic N) is 6. The molecule has 1 saturated heterocycles. The first-order valence-electron chi connectivity index (χ1n) is 8.13. The van der Waals surface area contributed by atoms with Crippen LogP contribution >= 0.6 is 0 Å². The smallest absolute Gasteiger partial charge is 0.236 e. The fourth-order valence-electron chi connectivity index (χ4n) is 3.46. The van der Waals surface area contributed by atoms with Gasteiger partial charge in [-0.3, -0.25) is 9.89 Å². The summed E-state index contributed by atoms with van der Waals surface area (Å²) in [5.74, 6) is -0.134. The lowest BCUT2D eigenvalue weighted by Gasteiger charge is -2.25. The number of likely N-dealkylation sites (N-methyl/N-ethyl adjacent to an activating group) is 1. The fraction of sp³-hybridized carbons (Fsp3) is 0.353. The van der Waals surface area contributed by atoms with Crippen LogP contribution in [0.5, 0.6) is 0 Å². The minimum Gasteiger partial charge on any atom is -0.368 e. The molecule has 1 amide bonds. The summed E-state index contributed by atoms with van der Waals surface area (Å²) in [6.45, 7) is 1.54. The van der Waals surface area contributed by atoms with E-state index in [9.17, 15) is 4.79 Å². The monoisotopic (exact) mass is 335 g/mol. The number of anilines is 1. The summed E-state index contributed by atoms with van der Waals surface area (Å²) in [5, 5.41) is 18.0. The fourth-order valence-corrected chi connectivity index (χ4v) is 3.46. The molecular formula is C17H17N7O. The zero-order chi connectivity index (χ0) is 17.4. The van der Waals surface area contributed by atoms with Crippen LogP contribution in [0.1, 0.15) is 12.8 Å². The number of nitrogens with one attached hydrogen (secondary N) is 1. The number of aromatic amines is 1. The average molecular weight is 335 g/mol. The van der Waals surface area contributed by atoms with Gasteiger partial charge in [0, 0.05) is 37.1 Å². The second-order valence-corrected chi connectivity index (χ2v) is 6.21. The van der Waals surface area contributed by atoms with Gasteiger partial charge in [-0.1, -0.05) is 0 Å². The lowest BCUT2D eigenvalue weighted by Crippen LogP contribution is -2.38. The van der Waals surface area contributed by atoms with Gasteiger partial charge in [-0.25, -0.2) is 9.97 Å². The maximum atomic E-state index is 12.0. The Labute approximate surface area is 144 Å². The van der Waals surface area contributed by atoms with Crippen LogP contribution in [0, 0.1) is 11.3 Å². The van der Waals surface area contributed by atoms with Gasteiger partial charge in [-0.05, 0) is 12.5 Å². The van der Waals surface area contributed by atoms with Gasteiger partial charge < -0.3 is 9.80 Å². The quantitative estimate of drug-likeness (QED) is 0.777. The molecule has 0 radical (unpaired) electrons. The van der Waals surface area contributed by atoms with E-state index < -0.39 is 0 Å². The second-order valence-electron chi connectivity index (χ2n) is 6.21. The molecule has 1 atom stereocenters. The summed E-state index contributed by atoms with van der Waals surface area (Å²) in [4.78, 5) is 24.5. The molecule has 0 saturated carbocycles. The van der Waals surface area contributed by atoms with Crippen LogP contribution in [-0.4, -0.2) is 57.2 Å². The zero-order valence-electron chi connectivity index (χ0n) is 13.8. The molecule has 1 N–H and O–H groups in total. The van der Waals surface area contributed by atoms with Crippen molar-refractivity contribution in [3.05, 3.63) is 24.7 Å². The van der Waals surface area contributed by atoms with Gasteiger partial charge in [0.05, 0.1) is 35.7 Å². The predicted octanol–water partition coefficient (Wildman–Crippen LogP) is 1.46. The number of amides is 1. The van der Waals surface area contributed by atoms with E-state index in [1.165, 1.54) is 0 Å². The molecular weight excluding hydrogens is 318 g/mol. The molecule has 0 spiro atoms. The maximum Gasteiger partial charge on any atom is 0.236 e. The highest BCUT2D eigenvalue weighted by Crippen LogP contribution is 2.32. The van der Waals surface area contributed by atoms with Crippen molar-refractivity contribution < 1.29 is 4.79 Å². The second kappa shape index (κ2) is 6.02. The van der Waals surface area contributed by atoms with Crippen LogP contribution in [0.2, 0.25) is 0 Å². The number of rotatable bonds is 3. The van der Waals surface area contributed by atoms with Gasteiger partial charge >= 0.3 is 0 Å². The highest BCUT2D eigenvalue weighted by Gasteiger charge is 2.29. The van der Waals surface area contributed by atoms with E-state index in [-0.39, 0.29) is 18.4 Å². The van der Waals surface area contributed by atoms with Gasteiger partial charge in [0.25, 0.3) is 0 Å². The average Bonchev–Trinajstić information content (AvgIpc) is 3.30. The molecule has 3 aromatic rings. The number of aromatic nitrogens is 4. The third-order valence-corrected chi connectivity index (χ3v) is 4.84. The molecule has 1 aliphatic heterocycles. The van der Waals surface area contributed by atoms with Crippen molar-refractivity contribution in [1.82, 2.24) is 25.1 Å². The molecule has 8 nitrogen and oxygen atoms in total. The lowest BCUT2D eigenvalue weighted by atomic mass is 10.1. The molecule has 0 bridgehead atoms. The molecule has 8 heteroatoms. The Bertz CT molecular complexity index is 989. The van der Waals surface area contributed by atoms with Crippen molar-refractivity contribution in [2.45, 2.75) is 18.9 Å². The number of fused-ring (bicyclic) bond motifs is 3. The molecule has 1 fully saturated rings. The number of H-pyrrole nitrogens is 1. The van der Waals surface area contributed by atoms with Crippen LogP contribution in [0.4, 0.5) is 5.69 Å². The van der Waals surface area contributed by atoms with Crippen molar-refractivity contribution >= 4 is 33.5 Å². The third-order valence-electron chi connectivity index (χ3n) is 4.84. The number of hydrogen-bond acceptors (Lipinski definition) is 6. The topological polar surface area (TPSA) is 102 Å². The van der Waals surface area contributed by atoms with Gasteiger partial charge in [0.1, 0.15) is 6.42 Å². The molecule has 3 aromatic heterocycles. The van der Waals surface area contributed by atoms with Crippen LogP contribution in [0.3, 0.4) is 0 Å². The number of carbonyl (C=O) groups excluding carboxylic acids is 1. The normalized spacial score (nSPS) is 17.1. The number of carbonyl (C=O) groups is 1. The SMILES string of the molecule is CN(C(=O)CC#N)C1CCN(c2cn[nH]c3cnc4nccc4c23)C1. The van der Waals surface area contributed by atoms with E-state index in [4.69, 9.17) is 5.26 Å². The number of hydrogen-bond donors (Lipinski definition) is 1. The zero-order valence-corrected chi connectivity index (χ0v) is 13.8. The summed E-state index contributed by atoms with van der Waals surface area (Å²) in [6.07, 6.45) is 6.10. The molecule has 4 rings (SSSR count). The molecule has 1 unspecified atom stereocenters. The van der Waals surface area contributed by atoms with Crippen molar-refractivity contribution in [2.24, 2.45) is 0 Å². The Morgan fingerprint density at radius 3 is 3.20 bits per heavy atom. The Morgan fingerprint density at radius 1 is 1.48 bits per heavy atom. The standard InChI is InChI=1S/C17H17N7O/c1-23(15(25)2-5-18)11-4-7-24(10-11)14-9-21-22-13-8-20-17-12(16(13)14)3-6-19-17/h3,6,8-9,11,22H,2,4,7,10H2,1H3. The van der Waals surface area contributed by atoms with Gasteiger partial charge in [0.2, 0.25) is 5.91 Å². The number of nitriles is 1. The molecule has 0 aliphatic carbocycles. The molecule has 4 heterocycles. The van der Waals surface area contributed by atoms with Crippen molar-refractivity contribution in [3.63, 3.8) is 0 Å². The van der Waals surface area contributed by atoms with Gasteiger partial charge in [-0.15, -0.1) is 0 Å². The first-order valence-corrected chi connectivity index (χ1v) is 8.13. The highest BCUT2D eigenvalue weighted by atomic mass is 16.2. The van der Waals surface area contributed by atoms with Crippen LogP contribution in [0.15, 0.2) is 24.7 Å². The summed E-state index contributed by atoms with van der Waals surface area (Å²) in [7, 11) is 1.77. The first-order chi connectivity index (χ1) is 12.2. The molecule has 126 valence electrons. The summed E-state index contributed by atoms with van der Waals surface area (Å²) >= 11 is 0. The number of pyridine rings is 1. The molecule has 25 heavy (non-hydrogen) atoms. The van der Waals surface area contributed by atoms with Crippen LogP contribution < -0.4 is 4.90 Å². The Kier molecular flexibility index (Phi) is 3.69. The molecule has 1 aliphatic rings. The third kappa shape index (κ3) is 2.54. The summed E-state index contributed by atoms with van der Waals surface area (Å²) in [6, 6.07) is 3.97. The van der Waals surface area contributed by atoms with Crippen LogP contribution in [-0.2, 0) is 4.79 Å². The first kappa shape index (κ1) is 15.3. The van der Waals surface area contributed by atoms with Crippen molar-refractivity contribution in [2.75, 3.05) is 25.0 Å². The van der Waals surface area contributed by atoms with E-state index in [1.807, 2.05) is 18.3 Å². The Morgan fingerprint density at radius 2 is 2.36 bits per heavy atom. The lowest BCUT2D eigenvalue weighted by molar-refractivity contribution is -0.130. The van der Waals surface area contributed by atoms with E-state index in [0.717, 1.165) is 34.9 Å². The Balaban J connectivity index is 1.68. The predicted molar refractivity (Wildman–Crippen MR) is 92.8 cm³/mol. The van der Waals surface area contributed by atoms with E-state index >= 15 is 0 Å². The summed E-state index contributed by atoms with van der Waals surface area (Å²) < 4.78 is 0. The minimum absolute atomic E-state index is 0.0801. The summed E-state index contributed by atoms with van der Waals surface area (Å²) in [5.41, 5.74) is 2.58. The highest BCUT2D eigenvalue weighted by molar-refractivity contribution is 6.09. The maximum absolute atomic E-state index is 12.0.